The predicted octanol–water partition coefficient (Wildman–Crippen LogP) is 12.8. The Morgan fingerprint density at radius 1 is 0.409 bits per heavy atom. The minimum absolute atomic E-state index is 0.542. The van der Waals surface area contributed by atoms with Crippen LogP contribution < -0.4 is 0 Å². The van der Waals surface area contributed by atoms with Gasteiger partial charge in [-0.05, 0) is 102 Å². The van der Waals surface area contributed by atoms with Gasteiger partial charge in [0.05, 0.1) is 1.37 Å². The molecule has 0 saturated carbocycles. The third kappa shape index (κ3) is 3.97. The Labute approximate surface area is 261 Å². The van der Waals surface area contributed by atoms with E-state index in [9.17, 15) is 0 Å². The van der Waals surface area contributed by atoms with Crippen molar-refractivity contribution in [3.05, 3.63) is 157 Å². The van der Waals surface area contributed by atoms with Crippen molar-refractivity contribution < 1.29 is 1.37 Å². The van der Waals surface area contributed by atoms with Gasteiger partial charge in [-0.25, -0.2) is 0 Å². The van der Waals surface area contributed by atoms with Gasteiger partial charge in [0, 0.05) is 20.2 Å². The summed E-state index contributed by atoms with van der Waals surface area (Å²) < 4.78 is 10.6. The lowest BCUT2D eigenvalue weighted by molar-refractivity contribution is 1.52. The Bertz CT molecular complexity index is 2550. The van der Waals surface area contributed by atoms with Gasteiger partial charge >= 0.3 is 0 Å². The van der Waals surface area contributed by atoms with Crippen LogP contribution in [0, 0.1) is 6.92 Å². The van der Waals surface area contributed by atoms with Gasteiger partial charge in [-0.2, -0.15) is 0 Å². The summed E-state index contributed by atoms with van der Waals surface area (Å²) in [5, 5.41) is 9.99. The fourth-order valence-corrected chi connectivity index (χ4v) is 8.11. The molecule has 0 saturated heterocycles. The maximum absolute atomic E-state index is 7.94. The van der Waals surface area contributed by atoms with Gasteiger partial charge < -0.3 is 0 Å². The van der Waals surface area contributed by atoms with Crippen LogP contribution in [-0.4, -0.2) is 0 Å². The molecule has 0 atom stereocenters. The van der Waals surface area contributed by atoms with E-state index in [0.717, 1.165) is 10.8 Å². The summed E-state index contributed by atoms with van der Waals surface area (Å²) in [6, 6.07) is 53.5. The standard InChI is InChI=1S/C43H28S/c1-27-14-22-34-39-26-33(21-23-40(39)44-41(34)24-27)43-37-12-6-4-10-35(37)42(36-11-5-7-13-38(36)43)30-18-15-29(16-19-30)32-20-17-28-8-2-3-9-31(28)25-32/h2-26H,1H3/i2D. The molecular formula is C43H28S. The number of fused-ring (bicyclic) bond motifs is 6. The highest BCUT2D eigenvalue weighted by Gasteiger charge is 2.17. The summed E-state index contributed by atoms with van der Waals surface area (Å²) in [4.78, 5) is 0. The van der Waals surface area contributed by atoms with Gasteiger partial charge in [-0.1, -0.05) is 127 Å². The Morgan fingerprint density at radius 2 is 1.05 bits per heavy atom. The first-order chi connectivity index (χ1) is 22.1. The summed E-state index contributed by atoms with van der Waals surface area (Å²) in [5.74, 6) is 0. The smallest absolute Gasteiger partial charge is 0.0623 e. The van der Waals surface area contributed by atoms with Gasteiger partial charge in [-0.3, -0.25) is 0 Å². The highest BCUT2D eigenvalue weighted by Crippen LogP contribution is 2.45. The summed E-state index contributed by atoms with van der Waals surface area (Å²) in [5.41, 5.74) is 8.71. The molecule has 44 heavy (non-hydrogen) atoms. The van der Waals surface area contributed by atoms with Crippen molar-refractivity contribution in [2.75, 3.05) is 0 Å². The molecule has 9 rings (SSSR count). The summed E-state index contributed by atoms with van der Waals surface area (Å²) >= 11 is 1.88. The molecule has 1 heteroatoms. The van der Waals surface area contributed by atoms with E-state index in [1.807, 2.05) is 29.5 Å². The molecule has 0 unspecified atom stereocenters. The third-order valence-corrected chi connectivity index (χ3v) is 10.2. The average Bonchev–Trinajstić information content (AvgIpc) is 3.43. The quantitative estimate of drug-likeness (QED) is 0.183. The Kier molecular flexibility index (Phi) is 5.46. The van der Waals surface area contributed by atoms with Crippen LogP contribution in [0.15, 0.2) is 152 Å². The number of thiophene rings is 1. The molecule has 0 N–H and O–H groups in total. The molecule has 0 fully saturated rings. The molecule has 0 radical (unpaired) electrons. The topological polar surface area (TPSA) is 0 Å². The van der Waals surface area contributed by atoms with Crippen molar-refractivity contribution in [3.63, 3.8) is 0 Å². The Balaban J connectivity index is 1.23. The van der Waals surface area contributed by atoms with E-state index in [4.69, 9.17) is 1.37 Å². The maximum Gasteiger partial charge on any atom is 0.0623 e. The van der Waals surface area contributed by atoms with Crippen LogP contribution in [0.1, 0.15) is 6.93 Å². The van der Waals surface area contributed by atoms with E-state index in [1.54, 1.807) is 0 Å². The zero-order valence-electron chi connectivity index (χ0n) is 25.3. The van der Waals surface area contributed by atoms with Crippen molar-refractivity contribution in [2.45, 2.75) is 6.92 Å². The number of hydrogen-bond donors (Lipinski definition) is 0. The number of rotatable bonds is 3. The fourth-order valence-electron chi connectivity index (χ4n) is 6.93. The van der Waals surface area contributed by atoms with Crippen LogP contribution >= 0.6 is 11.3 Å². The predicted molar refractivity (Wildman–Crippen MR) is 193 cm³/mol. The van der Waals surface area contributed by atoms with Gasteiger partial charge in [0.1, 0.15) is 0 Å². The zero-order valence-corrected chi connectivity index (χ0v) is 25.1. The van der Waals surface area contributed by atoms with E-state index >= 15 is 0 Å². The van der Waals surface area contributed by atoms with Crippen LogP contribution in [0.5, 0.6) is 0 Å². The summed E-state index contributed by atoms with van der Waals surface area (Å²) in [6.45, 7) is 2.17. The minimum Gasteiger partial charge on any atom is -0.135 e. The first-order valence-electron chi connectivity index (χ1n) is 15.6. The third-order valence-electron chi connectivity index (χ3n) is 9.04. The second-order valence-corrected chi connectivity index (χ2v) is 12.8. The first-order valence-corrected chi connectivity index (χ1v) is 15.9. The lowest BCUT2D eigenvalue weighted by Crippen LogP contribution is -1.91. The van der Waals surface area contributed by atoms with Crippen molar-refractivity contribution in [1.29, 1.82) is 0 Å². The zero-order chi connectivity index (χ0) is 30.1. The highest BCUT2D eigenvalue weighted by molar-refractivity contribution is 7.25. The molecular weight excluding hydrogens is 549 g/mol. The molecule has 0 bridgehead atoms. The van der Waals surface area contributed by atoms with Gasteiger partial charge in [0.15, 0.2) is 0 Å². The van der Waals surface area contributed by atoms with E-state index in [2.05, 4.69) is 134 Å². The normalized spacial score (nSPS) is 12.1. The second kappa shape index (κ2) is 9.91. The van der Waals surface area contributed by atoms with E-state index in [-0.39, 0.29) is 0 Å². The van der Waals surface area contributed by atoms with Crippen molar-refractivity contribution in [3.8, 4) is 33.4 Å². The Hall–Kier alpha value is -5.24. The Morgan fingerprint density at radius 3 is 1.77 bits per heavy atom. The highest BCUT2D eigenvalue weighted by atomic mass is 32.1. The molecule has 0 nitrogen and oxygen atoms in total. The SMILES string of the molecule is [2H]c1ccc2cc(-c3ccc(-c4c5ccccc5c(-c5ccc6sc7cc(C)ccc7c6c5)c5ccccc45)cc3)ccc2c1. The van der Waals surface area contributed by atoms with Gasteiger partial charge in [0.2, 0.25) is 0 Å². The molecule has 0 aliphatic heterocycles. The molecule has 0 aliphatic carbocycles. The van der Waals surface area contributed by atoms with Crippen LogP contribution in [0.3, 0.4) is 0 Å². The second-order valence-electron chi connectivity index (χ2n) is 11.7. The van der Waals surface area contributed by atoms with Crippen LogP contribution in [0.4, 0.5) is 0 Å². The average molecular weight is 578 g/mol. The lowest BCUT2D eigenvalue weighted by Gasteiger charge is -2.18. The van der Waals surface area contributed by atoms with Crippen molar-refractivity contribution in [2.24, 2.45) is 0 Å². The fraction of sp³-hybridized carbons (Fsp3) is 0.0233. The lowest BCUT2D eigenvalue weighted by atomic mass is 9.85. The number of hydrogen-bond acceptors (Lipinski definition) is 1. The molecule has 1 heterocycles. The van der Waals surface area contributed by atoms with Crippen molar-refractivity contribution >= 4 is 63.8 Å². The molecule has 0 aliphatic rings. The van der Waals surface area contributed by atoms with Crippen LogP contribution in [0.25, 0.3) is 85.9 Å². The van der Waals surface area contributed by atoms with E-state index in [0.29, 0.717) is 6.04 Å². The van der Waals surface area contributed by atoms with E-state index in [1.165, 1.54) is 80.7 Å². The van der Waals surface area contributed by atoms with Crippen LogP contribution in [-0.2, 0) is 0 Å². The van der Waals surface area contributed by atoms with Gasteiger partial charge in [-0.15, -0.1) is 11.3 Å². The largest absolute Gasteiger partial charge is 0.135 e. The van der Waals surface area contributed by atoms with Gasteiger partial charge in [0.25, 0.3) is 0 Å². The molecule has 0 amide bonds. The number of aryl methyl sites for hydroxylation is 1. The molecule has 0 spiro atoms. The number of benzene rings is 8. The molecule has 1 aromatic heterocycles. The molecule has 9 aromatic rings. The monoisotopic (exact) mass is 577 g/mol. The van der Waals surface area contributed by atoms with E-state index < -0.39 is 0 Å². The molecule has 8 aromatic carbocycles. The summed E-state index contributed by atoms with van der Waals surface area (Å²) in [6.07, 6.45) is 0. The molecule has 206 valence electrons. The first kappa shape index (κ1) is 24.2. The van der Waals surface area contributed by atoms with Crippen LogP contribution in [0.2, 0.25) is 0 Å². The maximum atomic E-state index is 7.94. The summed E-state index contributed by atoms with van der Waals surface area (Å²) in [7, 11) is 0. The minimum atomic E-state index is 0.542. The van der Waals surface area contributed by atoms with Crippen molar-refractivity contribution in [1.82, 2.24) is 0 Å².